The van der Waals surface area contributed by atoms with Gasteiger partial charge in [-0.05, 0) is 24.6 Å². The van der Waals surface area contributed by atoms with Gasteiger partial charge in [0.1, 0.15) is 0 Å². The monoisotopic (exact) mass is 329 g/mol. The van der Waals surface area contributed by atoms with Gasteiger partial charge in [0.25, 0.3) is 0 Å². The first-order chi connectivity index (χ1) is 11.7. The van der Waals surface area contributed by atoms with E-state index in [9.17, 15) is 0 Å². The van der Waals surface area contributed by atoms with Crippen molar-refractivity contribution in [2.45, 2.75) is 6.42 Å². The SMILES string of the molecule is COc1ccc(CCN=C(N)Nc2ccccc2)c(OC)c1OC. The molecule has 0 amide bonds. The molecule has 0 aliphatic carbocycles. The van der Waals surface area contributed by atoms with E-state index in [1.165, 1.54) is 0 Å². The van der Waals surface area contributed by atoms with Gasteiger partial charge >= 0.3 is 0 Å². The quantitative estimate of drug-likeness (QED) is 0.603. The molecule has 0 atom stereocenters. The van der Waals surface area contributed by atoms with Crippen molar-refractivity contribution in [3.05, 3.63) is 48.0 Å². The number of benzene rings is 2. The Labute approximate surface area is 142 Å². The first-order valence-electron chi connectivity index (χ1n) is 7.59. The number of ether oxygens (including phenoxy) is 3. The van der Waals surface area contributed by atoms with Crippen molar-refractivity contribution >= 4 is 11.6 Å². The van der Waals surface area contributed by atoms with Crippen LogP contribution < -0.4 is 25.3 Å². The van der Waals surface area contributed by atoms with Crippen molar-refractivity contribution in [2.24, 2.45) is 10.7 Å². The van der Waals surface area contributed by atoms with Gasteiger partial charge < -0.3 is 25.3 Å². The normalized spacial score (nSPS) is 11.0. The van der Waals surface area contributed by atoms with Gasteiger partial charge in [0.2, 0.25) is 5.75 Å². The summed E-state index contributed by atoms with van der Waals surface area (Å²) in [5.74, 6) is 2.24. The lowest BCUT2D eigenvalue weighted by atomic mass is 10.1. The van der Waals surface area contributed by atoms with Crippen molar-refractivity contribution in [1.82, 2.24) is 0 Å². The summed E-state index contributed by atoms with van der Waals surface area (Å²) in [6.07, 6.45) is 0.667. The van der Waals surface area contributed by atoms with Gasteiger partial charge in [-0.1, -0.05) is 24.3 Å². The van der Waals surface area contributed by atoms with E-state index in [-0.39, 0.29) is 0 Å². The molecule has 0 aromatic heterocycles. The van der Waals surface area contributed by atoms with Crippen LogP contribution in [0.2, 0.25) is 0 Å². The van der Waals surface area contributed by atoms with Crippen molar-refractivity contribution in [1.29, 1.82) is 0 Å². The highest BCUT2D eigenvalue weighted by molar-refractivity contribution is 5.92. The largest absolute Gasteiger partial charge is 0.493 e. The fraction of sp³-hybridized carbons (Fsp3) is 0.278. The van der Waals surface area contributed by atoms with Gasteiger partial charge in [-0.15, -0.1) is 0 Å². The van der Waals surface area contributed by atoms with E-state index in [2.05, 4.69) is 10.3 Å². The minimum atomic E-state index is 0.376. The van der Waals surface area contributed by atoms with Crippen molar-refractivity contribution in [2.75, 3.05) is 33.2 Å². The van der Waals surface area contributed by atoms with E-state index in [0.29, 0.717) is 36.2 Å². The Bertz CT molecular complexity index is 687. The molecule has 0 spiro atoms. The predicted octanol–water partition coefficient (Wildman–Crippen LogP) is 2.68. The Morgan fingerprint density at radius 2 is 1.67 bits per heavy atom. The molecule has 3 N–H and O–H groups in total. The van der Waals surface area contributed by atoms with E-state index in [1.54, 1.807) is 21.3 Å². The molecular formula is C18H23N3O3. The van der Waals surface area contributed by atoms with Gasteiger partial charge in [-0.2, -0.15) is 0 Å². The summed E-state index contributed by atoms with van der Waals surface area (Å²) in [6, 6.07) is 13.5. The van der Waals surface area contributed by atoms with Gasteiger partial charge in [-0.25, -0.2) is 0 Å². The maximum absolute atomic E-state index is 5.91. The highest BCUT2D eigenvalue weighted by Crippen LogP contribution is 2.39. The number of nitrogens with two attached hydrogens (primary N) is 1. The van der Waals surface area contributed by atoms with Gasteiger partial charge in [0.05, 0.1) is 21.3 Å². The second-order valence-electron chi connectivity index (χ2n) is 5.00. The molecule has 128 valence electrons. The molecule has 0 fully saturated rings. The van der Waals surface area contributed by atoms with Crippen LogP contribution in [0.1, 0.15) is 5.56 Å². The summed E-state index contributed by atoms with van der Waals surface area (Å²) in [6.45, 7) is 0.525. The number of methoxy groups -OCH3 is 3. The van der Waals surface area contributed by atoms with Crippen LogP contribution in [0, 0.1) is 0 Å². The Balaban J connectivity index is 2.05. The highest BCUT2D eigenvalue weighted by atomic mass is 16.5. The Morgan fingerprint density at radius 3 is 2.29 bits per heavy atom. The molecule has 2 aromatic rings. The molecule has 0 saturated carbocycles. The molecule has 0 saturated heterocycles. The highest BCUT2D eigenvalue weighted by Gasteiger charge is 2.15. The van der Waals surface area contributed by atoms with Crippen LogP contribution in [0.4, 0.5) is 5.69 Å². The zero-order valence-corrected chi connectivity index (χ0v) is 14.2. The molecule has 0 bridgehead atoms. The molecule has 6 heteroatoms. The second kappa shape index (κ2) is 8.67. The van der Waals surface area contributed by atoms with E-state index >= 15 is 0 Å². The summed E-state index contributed by atoms with van der Waals surface area (Å²) >= 11 is 0. The molecule has 6 nitrogen and oxygen atoms in total. The zero-order chi connectivity index (χ0) is 17.4. The molecule has 0 radical (unpaired) electrons. The maximum Gasteiger partial charge on any atom is 0.203 e. The van der Waals surface area contributed by atoms with Crippen LogP contribution >= 0.6 is 0 Å². The van der Waals surface area contributed by atoms with Crippen LogP contribution in [0.5, 0.6) is 17.2 Å². The second-order valence-corrected chi connectivity index (χ2v) is 5.00. The summed E-state index contributed by atoms with van der Waals surface area (Å²) in [5, 5.41) is 3.05. The van der Waals surface area contributed by atoms with Crippen LogP contribution in [0.25, 0.3) is 0 Å². The molecule has 2 rings (SSSR count). The zero-order valence-electron chi connectivity index (χ0n) is 14.2. The van der Waals surface area contributed by atoms with E-state index in [4.69, 9.17) is 19.9 Å². The van der Waals surface area contributed by atoms with Crippen molar-refractivity contribution < 1.29 is 14.2 Å². The lowest BCUT2D eigenvalue weighted by molar-refractivity contribution is 0.322. The number of nitrogens with one attached hydrogen (secondary N) is 1. The molecule has 24 heavy (non-hydrogen) atoms. The Morgan fingerprint density at radius 1 is 0.958 bits per heavy atom. The minimum absolute atomic E-state index is 0.376. The van der Waals surface area contributed by atoms with E-state index < -0.39 is 0 Å². The van der Waals surface area contributed by atoms with E-state index in [0.717, 1.165) is 11.3 Å². The lowest BCUT2D eigenvalue weighted by Crippen LogP contribution is -2.23. The smallest absolute Gasteiger partial charge is 0.203 e. The number of rotatable bonds is 7. The fourth-order valence-electron chi connectivity index (χ4n) is 2.37. The van der Waals surface area contributed by atoms with E-state index in [1.807, 2.05) is 42.5 Å². The van der Waals surface area contributed by atoms with Gasteiger partial charge in [0.15, 0.2) is 17.5 Å². The summed E-state index contributed by atoms with van der Waals surface area (Å²) < 4.78 is 16.1. The summed E-state index contributed by atoms with van der Waals surface area (Å²) in [4.78, 5) is 4.34. The number of anilines is 1. The van der Waals surface area contributed by atoms with Crippen LogP contribution in [-0.4, -0.2) is 33.8 Å². The van der Waals surface area contributed by atoms with Crippen molar-refractivity contribution in [3.63, 3.8) is 0 Å². The predicted molar refractivity (Wildman–Crippen MR) is 96.4 cm³/mol. The number of aliphatic imine (C=N–C) groups is 1. The molecule has 0 unspecified atom stereocenters. The first kappa shape index (κ1) is 17.5. The molecule has 0 aliphatic rings. The third-order valence-electron chi connectivity index (χ3n) is 3.50. The average molecular weight is 329 g/mol. The fourth-order valence-corrected chi connectivity index (χ4v) is 2.37. The molecular weight excluding hydrogens is 306 g/mol. The van der Waals surface area contributed by atoms with Gasteiger partial charge in [-0.3, -0.25) is 4.99 Å². The lowest BCUT2D eigenvalue weighted by Gasteiger charge is -2.15. The Hall–Kier alpha value is -2.89. The minimum Gasteiger partial charge on any atom is -0.493 e. The third kappa shape index (κ3) is 4.32. The molecule has 2 aromatic carbocycles. The standard InChI is InChI=1S/C18H23N3O3/c1-22-15-10-9-13(16(23-2)17(15)24-3)11-12-20-18(19)21-14-7-5-4-6-8-14/h4-10H,11-12H2,1-3H3,(H3,19,20,21). The van der Waals surface area contributed by atoms with Crippen LogP contribution in [-0.2, 0) is 6.42 Å². The average Bonchev–Trinajstić information content (AvgIpc) is 2.61. The van der Waals surface area contributed by atoms with Crippen LogP contribution in [0.3, 0.4) is 0 Å². The topological polar surface area (TPSA) is 78.1 Å². The first-order valence-corrected chi connectivity index (χ1v) is 7.59. The number of hydrogen-bond acceptors (Lipinski definition) is 4. The Kier molecular flexibility index (Phi) is 6.31. The summed E-state index contributed by atoms with van der Waals surface area (Å²) in [7, 11) is 4.79. The van der Waals surface area contributed by atoms with Crippen LogP contribution in [0.15, 0.2) is 47.5 Å². The van der Waals surface area contributed by atoms with Crippen molar-refractivity contribution in [3.8, 4) is 17.2 Å². The van der Waals surface area contributed by atoms with Gasteiger partial charge in [0, 0.05) is 17.8 Å². The summed E-state index contributed by atoms with van der Waals surface area (Å²) in [5.41, 5.74) is 7.79. The third-order valence-corrected chi connectivity index (χ3v) is 3.50. The molecule has 0 heterocycles. The number of para-hydroxylation sites is 1. The molecule has 0 aliphatic heterocycles. The number of guanidine groups is 1. The number of hydrogen-bond donors (Lipinski definition) is 2. The number of nitrogens with zero attached hydrogens (tertiary/aromatic N) is 1. The maximum atomic E-state index is 5.91.